The van der Waals surface area contributed by atoms with Gasteiger partial charge in [0.15, 0.2) is 0 Å². The summed E-state index contributed by atoms with van der Waals surface area (Å²) in [6.07, 6.45) is 1.16. The van der Waals surface area contributed by atoms with Gasteiger partial charge in [0.05, 0.1) is 5.69 Å². The molecule has 0 aliphatic carbocycles. The van der Waals surface area contributed by atoms with Crippen LogP contribution in [0.5, 0.6) is 0 Å². The third-order valence-electron chi connectivity index (χ3n) is 3.41. The molecule has 0 atom stereocenters. The minimum absolute atomic E-state index is 0.462. The predicted molar refractivity (Wildman–Crippen MR) is 96.1 cm³/mol. The van der Waals surface area contributed by atoms with Crippen LogP contribution in [0.2, 0.25) is 0 Å². The van der Waals surface area contributed by atoms with E-state index in [1.54, 1.807) is 0 Å². The summed E-state index contributed by atoms with van der Waals surface area (Å²) in [4.78, 5) is 6.28. The molecular formula is C17H23BrN2S. The first-order valence-electron chi connectivity index (χ1n) is 7.49. The number of hydrogen-bond donors (Lipinski definition) is 1. The summed E-state index contributed by atoms with van der Waals surface area (Å²) in [5.74, 6) is 0.462. The topological polar surface area (TPSA) is 24.9 Å². The van der Waals surface area contributed by atoms with Crippen LogP contribution >= 0.6 is 27.3 Å². The fraction of sp³-hybridized carbons (Fsp3) is 0.471. The Morgan fingerprint density at radius 3 is 2.71 bits per heavy atom. The average Bonchev–Trinajstić information content (AvgIpc) is 2.83. The van der Waals surface area contributed by atoms with E-state index >= 15 is 0 Å². The Balaban J connectivity index is 2.34. The zero-order chi connectivity index (χ0) is 15.4. The number of halogens is 1. The van der Waals surface area contributed by atoms with Crippen molar-refractivity contribution in [3.05, 3.63) is 38.8 Å². The summed E-state index contributed by atoms with van der Waals surface area (Å²) in [6.45, 7) is 10.8. The van der Waals surface area contributed by atoms with E-state index in [-0.39, 0.29) is 0 Å². The Bertz CT molecular complexity index is 605. The Morgan fingerprint density at radius 2 is 2.10 bits per heavy atom. The van der Waals surface area contributed by atoms with Crippen LogP contribution in [-0.4, -0.2) is 11.5 Å². The fourth-order valence-electron chi connectivity index (χ4n) is 2.30. The second kappa shape index (κ2) is 7.52. The van der Waals surface area contributed by atoms with Gasteiger partial charge < -0.3 is 5.32 Å². The molecule has 1 aromatic heterocycles. The molecule has 0 amide bonds. The molecule has 114 valence electrons. The number of hydrogen-bond acceptors (Lipinski definition) is 3. The predicted octanol–water partition coefficient (Wildman–Crippen LogP) is 5.50. The van der Waals surface area contributed by atoms with E-state index in [0.29, 0.717) is 5.92 Å². The highest BCUT2D eigenvalue weighted by Crippen LogP contribution is 2.34. The maximum Gasteiger partial charge on any atom is 0.124 e. The molecule has 2 rings (SSSR count). The van der Waals surface area contributed by atoms with Crippen LogP contribution in [0.3, 0.4) is 0 Å². The maximum absolute atomic E-state index is 4.91. The van der Waals surface area contributed by atoms with Crippen molar-refractivity contribution in [3.63, 3.8) is 0 Å². The van der Waals surface area contributed by atoms with Gasteiger partial charge in [-0.3, -0.25) is 0 Å². The Labute approximate surface area is 140 Å². The summed E-state index contributed by atoms with van der Waals surface area (Å²) in [6, 6.07) is 6.40. The van der Waals surface area contributed by atoms with Crippen molar-refractivity contribution in [1.82, 2.24) is 10.3 Å². The lowest BCUT2D eigenvalue weighted by molar-refractivity contribution is 0.670. The molecule has 1 heterocycles. The molecule has 0 aliphatic rings. The third-order valence-corrected chi connectivity index (χ3v) is 5.00. The Morgan fingerprint density at radius 1 is 1.33 bits per heavy atom. The van der Waals surface area contributed by atoms with Crippen LogP contribution in [0.1, 0.15) is 49.2 Å². The van der Waals surface area contributed by atoms with E-state index in [0.717, 1.165) is 29.0 Å². The number of rotatable bonds is 6. The molecule has 0 fully saturated rings. The smallest absolute Gasteiger partial charge is 0.124 e. The molecule has 0 radical (unpaired) electrons. The number of nitrogens with zero attached hydrogens (tertiary/aromatic N) is 1. The van der Waals surface area contributed by atoms with Gasteiger partial charge in [-0.05, 0) is 43.5 Å². The molecular weight excluding hydrogens is 344 g/mol. The number of thiazole rings is 1. The standard InChI is InChI=1S/C17H23BrN2S/c1-5-8-19-10-15-16(11(2)3)20-17(21-15)14-7-6-13(18)9-12(14)4/h6-7,9,11,19H,5,8,10H2,1-4H3. The monoisotopic (exact) mass is 366 g/mol. The van der Waals surface area contributed by atoms with Gasteiger partial charge >= 0.3 is 0 Å². The largest absolute Gasteiger partial charge is 0.312 e. The SMILES string of the molecule is CCCNCc1sc(-c2ccc(Br)cc2C)nc1C(C)C. The van der Waals surface area contributed by atoms with E-state index in [9.17, 15) is 0 Å². The van der Waals surface area contributed by atoms with Gasteiger partial charge in [0.25, 0.3) is 0 Å². The number of aryl methyl sites for hydroxylation is 1. The molecule has 2 nitrogen and oxygen atoms in total. The van der Waals surface area contributed by atoms with Gasteiger partial charge in [-0.2, -0.15) is 0 Å². The second-order valence-corrected chi connectivity index (χ2v) is 7.62. The Hall–Kier alpha value is -0.710. The van der Waals surface area contributed by atoms with Crippen molar-refractivity contribution < 1.29 is 0 Å². The van der Waals surface area contributed by atoms with Crippen molar-refractivity contribution in [3.8, 4) is 10.6 Å². The summed E-state index contributed by atoms with van der Waals surface area (Å²) in [7, 11) is 0. The van der Waals surface area contributed by atoms with Crippen LogP contribution < -0.4 is 5.32 Å². The van der Waals surface area contributed by atoms with E-state index in [2.05, 4.69) is 67.1 Å². The molecule has 0 spiro atoms. The van der Waals surface area contributed by atoms with Gasteiger partial charge in [0.1, 0.15) is 5.01 Å². The summed E-state index contributed by atoms with van der Waals surface area (Å²) < 4.78 is 1.12. The number of aromatic nitrogens is 1. The number of nitrogens with one attached hydrogen (secondary N) is 1. The van der Waals surface area contributed by atoms with Crippen molar-refractivity contribution >= 4 is 27.3 Å². The summed E-state index contributed by atoms with van der Waals surface area (Å²) >= 11 is 5.35. The van der Waals surface area contributed by atoms with Crippen LogP contribution in [-0.2, 0) is 6.54 Å². The molecule has 0 saturated carbocycles. The number of benzene rings is 1. The van der Waals surface area contributed by atoms with Gasteiger partial charge in [-0.15, -0.1) is 11.3 Å². The summed E-state index contributed by atoms with van der Waals surface area (Å²) in [5.41, 5.74) is 3.74. The highest BCUT2D eigenvalue weighted by Gasteiger charge is 2.16. The lowest BCUT2D eigenvalue weighted by atomic mass is 10.1. The highest BCUT2D eigenvalue weighted by atomic mass is 79.9. The molecule has 2 aromatic rings. The lowest BCUT2D eigenvalue weighted by Crippen LogP contribution is -2.14. The van der Waals surface area contributed by atoms with E-state index < -0.39 is 0 Å². The van der Waals surface area contributed by atoms with Crippen molar-refractivity contribution in [1.29, 1.82) is 0 Å². The third kappa shape index (κ3) is 4.15. The highest BCUT2D eigenvalue weighted by molar-refractivity contribution is 9.10. The molecule has 0 saturated heterocycles. The molecule has 21 heavy (non-hydrogen) atoms. The zero-order valence-corrected chi connectivity index (χ0v) is 15.6. The first-order valence-corrected chi connectivity index (χ1v) is 9.10. The minimum atomic E-state index is 0.462. The Kier molecular flexibility index (Phi) is 5.97. The first-order chi connectivity index (χ1) is 10.0. The van der Waals surface area contributed by atoms with Crippen LogP contribution in [0, 0.1) is 6.92 Å². The van der Waals surface area contributed by atoms with Crippen molar-refractivity contribution in [2.45, 2.75) is 46.6 Å². The van der Waals surface area contributed by atoms with Gasteiger partial charge in [-0.1, -0.05) is 42.8 Å². The van der Waals surface area contributed by atoms with E-state index in [1.165, 1.54) is 21.7 Å². The average molecular weight is 367 g/mol. The van der Waals surface area contributed by atoms with Crippen LogP contribution in [0.25, 0.3) is 10.6 Å². The molecule has 0 aliphatic heterocycles. The zero-order valence-electron chi connectivity index (χ0n) is 13.2. The fourth-order valence-corrected chi connectivity index (χ4v) is 4.05. The molecule has 0 unspecified atom stereocenters. The maximum atomic E-state index is 4.91. The van der Waals surface area contributed by atoms with Crippen molar-refractivity contribution in [2.24, 2.45) is 0 Å². The molecule has 1 aromatic carbocycles. The molecule has 1 N–H and O–H groups in total. The first kappa shape index (κ1) is 16.7. The summed E-state index contributed by atoms with van der Waals surface area (Å²) in [5, 5.41) is 4.63. The van der Waals surface area contributed by atoms with Crippen LogP contribution in [0.15, 0.2) is 22.7 Å². The van der Waals surface area contributed by atoms with Crippen LogP contribution in [0.4, 0.5) is 0 Å². The van der Waals surface area contributed by atoms with Gasteiger partial charge in [0.2, 0.25) is 0 Å². The van der Waals surface area contributed by atoms with E-state index in [1.807, 2.05) is 11.3 Å². The second-order valence-electron chi connectivity index (χ2n) is 5.62. The van der Waals surface area contributed by atoms with Gasteiger partial charge in [-0.25, -0.2) is 4.98 Å². The molecule has 4 heteroatoms. The van der Waals surface area contributed by atoms with Gasteiger partial charge in [0, 0.05) is 21.5 Å². The van der Waals surface area contributed by atoms with Crippen molar-refractivity contribution in [2.75, 3.05) is 6.54 Å². The minimum Gasteiger partial charge on any atom is -0.312 e. The normalized spacial score (nSPS) is 11.3. The molecule has 0 bridgehead atoms. The quantitative estimate of drug-likeness (QED) is 0.682. The lowest BCUT2D eigenvalue weighted by Gasteiger charge is -2.05. The van der Waals surface area contributed by atoms with E-state index in [4.69, 9.17) is 4.98 Å².